The zero-order valence-electron chi connectivity index (χ0n) is 13.7. The molecule has 128 valence electrons. The molecule has 0 atom stereocenters. The van der Waals surface area contributed by atoms with Crippen LogP contribution in [0.25, 0.3) is 11.0 Å². The van der Waals surface area contributed by atoms with Crippen molar-refractivity contribution in [3.63, 3.8) is 0 Å². The molecule has 0 aliphatic carbocycles. The van der Waals surface area contributed by atoms with Crippen LogP contribution in [0.3, 0.4) is 0 Å². The third-order valence-corrected chi connectivity index (χ3v) is 4.47. The van der Waals surface area contributed by atoms with E-state index < -0.39 is 0 Å². The van der Waals surface area contributed by atoms with Crippen LogP contribution in [0.15, 0.2) is 36.8 Å². The number of anilines is 2. The summed E-state index contributed by atoms with van der Waals surface area (Å²) in [5.41, 5.74) is 10.4. The second-order valence-electron chi connectivity index (χ2n) is 6.11. The number of nitrogens with one attached hydrogen (secondary N) is 1. The second kappa shape index (κ2) is 6.60. The van der Waals surface area contributed by atoms with Crippen LogP contribution in [0.5, 0.6) is 0 Å². The smallest absolute Gasteiger partial charge is 0.151 e. The Morgan fingerprint density at radius 1 is 1.08 bits per heavy atom. The van der Waals surface area contributed by atoms with Crippen LogP contribution >= 0.6 is 0 Å². The maximum Gasteiger partial charge on any atom is 0.151 e. The van der Waals surface area contributed by atoms with Crippen molar-refractivity contribution >= 4 is 22.4 Å². The lowest BCUT2D eigenvalue weighted by molar-refractivity contribution is 0.589. The third-order valence-electron chi connectivity index (χ3n) is 4.47. The summed E-state index contributed by atoms with van der Waals surface area (Å²) in [7, 11) is 0. The highest BCUT2D eigenvalue weighted by molar-refractivity contribution is 5.76. The molecule has 3 heterocycles. The van der Waals surface area contributed by atoms with E-state index in [0.717, 1.165) is 43.1 Å². The first-order valence-electron chi connectivity index (χ1n) is 8.30. The Kier molecular flexibility index (Phi) is 4.15. The predicted octanol–water partition coefficient (Wildman–Crippen LogP) is 1.75. The summed E-state index contributed by atoms with van der Waals surface area (Å²) in [6, 6.07) is 5.26. The van der Waals surface area contributed by atoms with Gasteiger partial charge in [0, 0.05) is 51.2 Å². The van der Waals surface area contributed by atoms with Gasteiger partial charge in [0.1, 0.15) is 5.52 Å². The molecule has 3 N–H and O–H groups in total. The number of piperazine rings is 1. The van der Waals surface area contributed by atoms with Crippen LogP contribution in [0.1, 0.15) is 11.3 Å². The van der Waals surface area contributed by atoms with Gasteiger partial charge in [0.15, 0.2) is 5.82 Å². The van der Waals surface area contributed by atoms with Crippen LogP contribution in [-0.2, 0) is 6.42 Å². The summed E-state index contributed by atoms with van der Waals surface area (Å²) < 4.78 is 14.3. The second-order valence-corrected chi connectivity index (χ2v) is 6.11. The summed E-state index contributed by atoms with van der Waals surface area (Å²) in [5.74, 6) is -0.377. The molecule has 1 aliphatic rings. The Balaban J connectivity index is 1.67. The van der Waals surface area contributed by atoms with Gasteiger partial charge in [0.05, 0.1) is 22.6 Å². The maximum absolute atomic E-state index is 14.3. The fourth-order valence-corrected chi connectivity index (χ4v) is 3.21. The molecule has 1 saturated heterocycles. The molecule has 2 aromatic heterocycles. The number of pyridine rings is 1. The van der Waals surface area contributed by atoms with Crippen LogP contribution in [0.4, 0.5) is 15.8 Å². The van der Waals surface area contributed by atoms with E-state index in [1.54, 1.807) is 12.4 Å². The summed E-state index contributed by atoms with van der Waals surface area (Å²) in [6.45, 7) is 3.69. The van der Waals surface area contributed by atoms with Gasteiger partial charge in [-0.1, -0.05) is 0 Å². The van der Waals surface area contributed by atoms with Crippen molar-refractivity contribution in [2.24, 2.45) is 0 Å². The summed E-state index contributed by atoms with van der Waals surface area (Å²) in [6.07, 6.45) is 5.26. The molecule has 1 fully saturated rings. The average molecular weight is 338 g/mol. The van der Waals surface area contributed by atoms with Gasteiger partial charge in [0.2, 0.25) is 0 Å². The van der Waals surface area contributed by atoms with Crippen LogP contribution in [0, 0.1) is 5.82 Å². The first-order chi connectivity index (χ1) is 12.2. The lowest BCUT2D eigenvalue weighted by Crippen LogP contribution is -2.43. The Morgan fingerprint density at radius 2 is 1.88 bits per heavy atom. The molecular weight excluding hydrogens is 319 g/mol. The molecule has 0 bridgehead atoms. The third kappa shape index (κ3) is 3.10. The zero-order chi connectivity index (χ0) is 17.2. The van der Waals surface area contributed by atoms with Crippen molar-refractivity contribution in [2.45, 2.75) is 6.42 Å². The Bertz CT molecular complexity index is 907. The first-order valence-corrected chi connectivity index (χ1v) is 8.30. The number of nitrogens with two attached hydrogens (primary N) is 1. The molecule has 6 nitrogen and oxygen atoms in total. The van der Waals surface area contributed by atoms with Gasteiger partial charge in [0.25, 0.3) is 0 Å². The Hall–Kier alpha value is -2.80. The summed E-state index contributed by atoms with van der Waals surface area (Å²) in [4.78, 5) is 14.9. The zero-order valence-corrected chi connectivity index (χ0v) is 13.7. The molecule has 0 radical (unpaired) electrons. The number of hydrogen-bond donors (Lipinski definition) is 2. The van der Waals surface area contributed by atoms with Crippen molar-refractivity contribution < 1.29 is 4.39 Å². The van der Waals surface area contributed by atoms with E-state index in [0.29, 0.717) is 17.6 Å². The monoisotopic (exact) mass is 338 g/mol. The molecule has 0 unspecified atom stereocenters. The molecule has 0 saturated carbocycles. The number of aromatic nitrogens is 3. The van der Waals surface area contributed by atoms with Crippen LogP contribution < -0.4 is 16.0 Å². The quantitative estimate of drug-likeness (QED) is 0.757. The van der Waals surface area contributed by atoms with Crippen molar-refractivity contribution in [3.8, 4) is 0 Å². The largest absolute Gasteiger partial charge is 0.396 e. The highest BCUT2D eigenvalue weighted by atomic mass is 19.1. The maximum atomic E-state index is 14.3. The highest BCUT2D eigenvalue weighted by Gasteiger charge is 2.16. The topological polar surface area (TPSA) is 80.0 Å². The highest BCUT2D eigenvalue weighted by Crippen LogP contribution is 2.28. The Labute approximate surface area is 144 Å². The number of hydrogen-bond acceptors (Lipinski definition) is 6. The molecule has 3 aromatic rings. The number of fused-ring (bicyclic) bond motifs is 1. The summed E-state index contributed by atoms with van der Waals surface area (Å²) >= 11 is 0. The molecule has 1 aromatic carbocycles. The van der Waals surface area contributed by atoms with Gasteiger partial charge in [-0.3, -0.25) is 9.97 Å². The first kappa shape index (κ1) is 15.7. The number of benzene rings is 1. The number of rotatable bonds is 3. The lowest BCUT2D eigenvalue weighted by Gasteiger charge is -2.30. The van der Waals surface area contributed by atoms with E-state index in [4.69, 9.17) is 5.73 Å². The van der Waals surface area contributed by atoms with E-state index >= 15 is 0 Å². The van der Waals surface area contributed by atoms with Crippen molar-refractivity contribution in [1.82, 2.24) is 20.3 Å². The lowest BCUT2D eigenvalue weighted by atomic mass is 10.1. The van der Waals surface area contributed by atoms with Crippen LogP contribution in [0.2, 0.25) is 0 Å². The fraction of sp³-hybridized carbons (Fsp3) is 0.278. The molecular formula is C18H19FN6. The molecule has 0 amide bonds. The van der Waals surface area contributed by atoms with Gasteiger partial charge >= 0.3 is 0 Å². The van der Waals surface area contributed by atoms with E-state index in [1.807, 2.05) is 12.1 Å². The van der Waals surface area contributed by atoms with Crippen molar-refractivity contribution in [1.29, 1.82) is 0 Å². The average Bonchev–Trinajstić information content (AvgIpc) is 2.64. The van der Waals surface area contributed by atoms with E-state index in [2.05, 4.69) is 25.2 Å². The minimum atomic E-state index is -0.377. The van der Waals surface area contributed by atoms with Gasteiger partial charge in [-0.25, -0.2) is 9.37 Å². The number of halogens is 1. The molecule has 0 spiro atoms. The standard InChI is InChI=1S/C18H19FN6/c19-13-9-12(11-15-18(13)24-4-3-23-15)10-14-17(20)16(1-2-22-14)25-7-5-21-6-8-25/h1-4,9,11,21H,5-8,10,20H2. The van der Waals surface area contributed by atoms with Gasteiger partial charge < -0.3 is 16.0 Å². The molecule has 1 aliphatic heterocycles. The van der Waals surface area contributed by atoms with Gasteiger partial charge in [-0.05, 0) is 23.8 Å². The van der Waals surface area contributed by atoms with Gasteiger partial charge in [-0.15, -0.1) is 0 Å². The van der Waals surface area contributed by atoms with Gasteiger partial charge in [-0.2, -0.15) is 0 Å². The molecule has 7 heteroatoms. The Morgan fingerprint density at radius 3 is 2.72 bits per heavy atom. The number of nitrogens with zero attached hydrogens (tertiary/aromatic N) is 4. The van der Waals surface area contributed by atoms with E-state index in [1.165, 1.54) is 12.3 Å². The van der Waals surface area contributed by atoms with Crippen LogP contribution in [-0.4, -0.2) is 41.1 Å². The molecule has 4 rings (SSSR count). The minimum absolute atomic E-state index is 0.279. The molecule has 25 heavy (non-hydrogen) atoms. The SMILES string of the molecule is Nc1c(N2CCNCC2)ccnc1Cc1cc(F)c2nccnc2c1. The summed E-state index contributed by atoms with van der Waals surface area (Å²) in [5, 5.41) is 3.33. The minimum Gasteiger partial charge on any atom is -0.396 e. The predicted molar refractivity (Wildman–Crippen MR) is 96.0 cm³/mol. The van der Waals surface area contributed by atoms with Crippen molar-refractivity contribution in [2.75, 3.05) is 36.8 Å². The normalized spacial score (nSPS) is 14.8. The van der Waals surface area contributed by atoms with E-state index in [9.17, 15) is 4.39 Å². The van der Waals surface area contributed by atoms with Crippen molar-refractivity contribution in [3.05, 3.63) is 53.9 Å². The van der Waals surface area contributed by atoms with E-state index in [-0.39, 0.29) is 11.3 Å². The number of nitrogen functional groups attached to an aromatic ring is 1. The fourth-order valence-electron chi connectivity index (χ4n) is 3.21.